The molecular formula is C2H10BBrF3K. The molecule has 0 nitrogen and oxygen atoms in total. The van der Waals surface area contributed by atoms with Crippen molar-refractivity contribution in [3.8, 4) is 0 Å². The van der Waals surface area contributed by atoms with Gasteiger partial charge in [0, 0.05) is 0 Å². The molecule has 0 aliphatic rings. The summed E-state index contributed by atoms with van der Waals surface area (Å²) in [5, 5.41) is 0. The van der Waals surface area contributed by atoms with Gasteiger partial charge < -0.3 is 0 Å². The van der Waals surface area contributed by atoms with Crippen molar-refractivity contribution in [3.63, 3.8) is 0 Å². The van der Waals surface area contributed by atoms with Crippen LogP contribution in [0.15, 0.2) is 0 Å². The fourth-order valence-electron chi connectivity index (χ4n) is 0. The van der Waals surface area contributed by atoms with Gasteiger partial charge in [0.25, 0.3) is 0 Å². The van der Waals surface area contributed by atoms with E-state index in [2.05, 4.69) is 30.7 Å². The van der Waals surface area contributed by atoms with Crippen LogP contribution in [-0.2, 0) is 0 Å². The first kappa shape index (κ1) is 32.5. The minimum atomic E-state index is 0. The van der Waals surface area contributed by atoms with Crippen LogP contribution in [0.3, 0.4) is 0 Å². The van der Waals surface area contributed by atoms with Crippen LogP contribution in [0.25, 0.3) is 0 Å². The molecule has 0 aliphatic carbocycles. The van der Waals surface area contributed by atoms with E-state index in [1.807, 2.05) is 0 Å². The average molecular weight is 221 g/mol. The van der Waals surface area contributed by atoms with Gasteiger partial charge in [-0.2, -0.15) is 0 Å². The van der Waals surface area contributed by atoms with Gasteiger partial charge in [0.2, 0.25) is 0 Å². The number of rotatable bonds is 0. The van der Waals surface area contributed by atoms with Gasteiger partial charge in [-0.15, -0.1) is 0 Å². The summed E-state index contributed by atoms with van der Waals surface area (Å²) in [6.45, 7) is 2.08. The topological polar surface area (TPSA) is 0 Å². The average Bonchev–Trinajstić information content (AvgIpc) is 0.811. The third-order valence-electron chi connectivity index (χ3n) is 0. The Hall–Kier alpha value is 1.97. The predicted molar refractivity (Wildman–Crippen MR) is 41.6 cm³/mol. The van der Waals surface area contributed by atoms with Gasteiger partial charge >= 0.3 is 51.4 Å². The SMILES string of the molecule is BC(C)Br.F.F.F.[KH]. The van der Waals surface area contributed by atoms with Crippen LogP contribution in [0.5, 0.6) is 0 Å². The Bertz CT molecular complexity index is 22.0. The van der Waals surface area contributed by atoms with E-state index in [1.165, 1.54) is 0 Å². The van der Waals surface area contributed by atoms with Crippen molar-refractivity contribution < 1.29 is 14.1 Å². The van der Waals surface area contributed by atoms with Crippen molar-refractivity contribution in [2.45, 2.75) is 11.7 Å². The molecule has 0 rings (SSSR count). The van der Waals surface area contributed by atoms with Gasteiger partial charge in [0.1, 0.15) is 7.85 Å². The van der Waals surface area contributed by atoms with Crippen molar-refractivity contribution in [1.29, 1.82) is 0 Å². The van der Waals surface area contributed by atoms with Gasteiger partial charge in [-0.25, -0.2) is 0 Å². The molecule has 8 heavy (non-hydrogen) atoms. The molecule has 0 fully saturated rings. The summed E-state index contributed by atoms with van der Waals surface area (Å²) in [6, 6.07) is 0. The molecule has 0 aliphatic heterocycles. The van der Waals surface area contributed by atoms with Crippen LogP contribution >= 0.6 is 15.9 Å². The first-order valence-electron chi connectivity index (χ1n) is 1.37. The molecule has 0 N–H and O–H groups in total. The Morgan fingerprint density at radius 1 is 1.25 bits per heavy atom. The molecule has 1 atom stereocenters. The van der Waals surface area contributed by atoms with E-state index < -0.39 is 0 Å². The molecule has 50 valence electrons. The first-order valence-corrected chi connectivity index (χ1v) is 2.29. The van der Waals surface area contributed by atoms with Crippen LogP contribution in [0.2, 0.25) is 0 Å². The van der Waals surface area contributed by atoms with Crippen LogP contribution in [-0.4, -0.2) is 64.0 Å². The molecule has 0 heterocycles. The summed E-state index contributed by atoms with van der Waals surface area (Å²) in [4.78, 5) is 0. The maximum atomic E-state index is 3.27. The van der Waals surface area contributed by atoms with E-state index in [9.17, 15) is 0 Å². The zero-order valence-corrected chi connectivity index (χ0v) is 5.77. The van der Waals surface area contributed by atoms with Crippen LogP contribution in [0, 0.1) is 0 Å². The summed E-state index contributed by atoms with van der Waals surface area (Å²) in [5.74, 6) is 0. The molecule has 0 aromatic heterocycles. The third-order valence-corrected chi connectivity index (χ3v) is 0. The normalized spacial score (nSPS) is 7.75. The van der Waals surface area contributed by atoms with Crippen molar-refractivity contribution in [1.82, 2.24) is 0 Å². The summed E-state index contributed by atoms with van der Waals surface area (Å²) in [6.07, 6.45) is 0. The quantitative estimate of drug-likeness (QED) is 0.404. The van der Waals surface area contributed by atoms with Gasteiger partial charge in [-0.3, -0.25) is 14.1 Å². The summed E-state index contributed by atoms with van der Waals surface area (Å²) < 4.78 is 0.646. The van der Waals surface area contributed by atoms with Gasteiger partial charge in [0.15, 0.2) is 0 Å². The van der Waals surface area contributed by atoms with Crippen molar-refractivity contribution in [3.05, 3.63) is 0 Å². The van der Waals surface area contributed by atoms with Crippen LogP contribution in [0.1, 0.15) is 6.92 Å². The maximum absolute atomic E-state index is 3.27. The van der Waals surface area contributed by atoms with Gasteiger partial charge in [-0.1, -0.05) is 22.9 Å². The number of hydrogen-bond donors (Lipinski definition) is 0. The minimum absolute atomic E-state index is 0. The third kappa shape index (κ3) is 99.7. The molecule has 0 saturated heterocycles. The Morgan fingerprint density at radius 2 is 1.25 bits per heavy atom. The molecule has 0 saturated carbocycles. The fourth-order valence-corrected chi connectivity index (χ4v) is 0. The van der Waals surface area contributed by atoms with Crippen LogP contribution in [0.4, 0.5) is 14.1 Å². The molecule has 0 aromatic rings. The molecule has 1 unspecified atom stereocenters. The van der Waals surface area contributed by atoms with E-state index in [4.69, 9.17) is 0 Å². The zero-order valence-electron chi connectivity index (χ0n) is 4.18. The predicted octanol–water partition coefficient (Wildman–Crippen LogP) is 0.169. The molecule has 0 aromatic carbocycles. The van der Waals surface area contributed by atoms with Gasteiger partial charge in [0.05, 0.1) is 0 Å². The second kappa shape index (κ2) is 23.1. The number of alkyl halides is 1. The second-order valence-electron chi connectivity index (χ2n) is 1.01. The Kier molecular flexibility index (Phi) is 93.6. The summed E-state index contributed by atoms with van der Waals surface area (Å²) in [7, 11) is 2.08. The molecule has 0 spiro atoms. The second-order valence-corrected chi connectivity index (χ2v) is 2.85. The monoisotopic (exact) mass is 220 g/mol. The fraction of sp³-hybridized carbons (Fsp3) is 1.00. The van der Waals surface area contributed by atoms with Crippen molar-refractivity contribution >= 4 is 75.2 Å². The Balaban J connectivity index is -0.00000000750. The zero-order chi connectivity index (χ0) is 3.58. The molecule has 0 bridgehead atoms. The summed E-state index contributed by atoms with van der Waals surface area (Å²) >= 11 is 3.27. The number of halogens is 4. The van der Waals surface area contributed by atoms with E-state index >= 15 is 0 Å². The first-order chi connectivity index (χ1) is 1.73. The van der Waals surface area contributed by atoms with E-state index in [1.54, 1.807) is 0 Å². The Labute approximate surface area is 99.2 Å². The molecular weight excluding hydrogens is 211 g/mol. The van der Waals surface area contributed by atoms with Crippen molar-refractivity contribution in [2.24, 2.45) is 0 Å². The summed E-state index contributed by atoms with van der Waals surface area (Å²) in [5.41, 5.74) is 0. The molecule has 6 heteroatoms. The van der Waals surface area contributed by atoms with Crippen molar-refractivity contribution in [2.75, 3.05) is 0 Å². The van der Waals surface area contributed by atoms with Crippen LogP contribution < -0.4 is 0 Å². The number of hydrogen-bond acceptors (Lipinski definition) is 0. The van der Waals surface area contributed by atoms with Gasteiger partial charge in [-0.05, 0) is 4.73 Å². The van der Waals surface area contributed by atoms with E-state index in [0.717, 1.165) is 0 Å². The van der Waals surface area contributed by atoms with E-state index in [-0.39, 0.29) is 65.5 Å². The van der Waals surface area contributed by atoms with E-state index in [0.29, 0.717) is 4.73 Å². The standard InChI is InChI=1S/C2H6BBr.3FH.K.H/c1-2(3)4;;;;;/h2H,3H2,1H3;3*1H;;. The Morgan fingerprint density at radius 3 is 1.25 bits per heavy atom. The molecule has 0 amide bonds. The molecule has 0 radical (unpaired) electrons.